The Morgan fingerprint density at radius 1 is 0.684 bits per heavy atom. The molecule has 118 valence electrons. The van der Waals surface area contributed by atoms with Crippen LogP contribution in [-0.2, 0) is 0 Å². The fourth-order valence-corrected chi connectivity index (χ4v) is 2.45. The van der Waals surface area contributed by atoms with E-state index in [1.807, 2.05) is 0 Å². The highest BCUT2D eigenvalue weighted by molar-refractivity contribution is 4.46. The molecule has 0 fully saturated rings. The standard InChI is InChI=1S/C16H36NO.BrH/c1-4-6-8-10-11-13-15-17(3,16-18)14-12-9-7-5-2;/h18H,4-16H2,1-3H3;1H/q+1;/p-1. The van der Waals surface area contributed by atoms with E-state index >= 15 is 0 Å². The van der Waals surface area contributed by atoms with Crippen LogP contribution in [0.4, 0.5) is 0 Å². The molecule has 0 aliphatic rings. The predicted octanol–water partition coefficient (Wildman–Crippen LogP) is 1.33. The third kappa shape index (κ3) is 13.1. The molecule has 0 aromatic carbocycles. The Labute approximate surface area is 131 Å². The Hall–Kier alpha value is 0.400. The molecule has 3 heteroatoms. The second-order valence-electron chi connectivity index (χ2n) is 6.04. The van der Waals surface area contributed by atoms with Crippen molar-refractivity contribution in [3.63, 3.8) is 0 Å². The molecule has 0 aliphatic heterocycles. The largest absolute Gasteiger partial charge is 1.00 e. The van der Waals surface area contributed by atoms with Crippen LogP contribution in [-0.4, -0.2) is 36.5 Å². The maximum absolute atomic E-state index is 9.55. The van der Waals surface area contributed by atoms with Crippen LogP contribution >= 0.6 is 0 Å². The van der Waals surface area contributed by atoms with Crippen molar-refractivity contribution in [2.45, 2.75) is 78.1 Å². The second kappa shape index (κ2) is 14.8. The normalized spacial score (nSPS) is 13.9. The highest BCUT2D eigenvalue weighted by Crippen LogP contribution is 2.11. The number of rotatable bonds is 13. The molecule has 0 saturated carbocycles. The van der Waals surface area contributed by atoms with Gasteiger partial charge in [0.2, 0.25) is 0 Å². The van der Waals surface area contributed by atoms with Crippen LogP contribution in [0, 0.1) is 0 Å². The van der Waals surface area contributed by atoms with Gasteiger partial charge in [-0.1, -0.05) is 52.4 Å². The third-order valence-corrected chi connectivity index (χ3v) is 3.94. The Kier molecular flexibility index (Phi) is 16.9. The molecular weight excluding hydrogens is 302 g/mol. The minimum absolute atomic E-state index is 0. The van der Waals surface area contributed by atoms with Gasteiger partial charge in [-0.05, 0) is 25.7 Å². The topological polar surface area (TPSA) is 20.2 Å². The lowest BCUT2D eigenvalue weighted by atomic mass is 10.1. The summed E-state index contributed by atoms with van der Waals surface area (Å²) in [4.78, 5) is 0. The molecule has 0 amide bonds. The first-order valence-electron chi connectivity index (χ1n) is 8.13. The molecule has 0 bridgehead atoms. The molecule has 1 unspecified atom stereocenters. The van der Waals surface area contributed by atoms with Gasteiger partial charge < -0.3 is 26.6 Å². The Morgan fingerprint density at radius 2 is 1.05 bits per heavy atom. The molecule has 0 aromatic heterocycles. The summed E-state index contributed by atoms with van der Waals surface area (Å²) in [6.07, 6.45) is 13.3. The monoisotopic (exact) mass is 337 g/mol. The van der Waals surface area contributed by atoms with E-state index in [-0.39, 0.29) is 17.0 Å². The summed E-state index contributed by atoms with van der Waals surface area (Å²) in [6.45, 7) is 7.10. The van der Waals surface area contributed by atoms with Gasteiger partial charge in [0.25, 0.3) is 0 Å². The van der Waals surface area contributed by atoms with E-state index in [9.17, 15) is 5.11 Å². The number of hydrogen-bond acceptors (Lipinski definition) is 1. The van der Waals surface area contributed by atoms with Gasteiger partial charge in [-0.3, -0.25) is 0 Å². The third-order valence-electron chi connectivity index (χ3n) is 3.94. The zero-order valence-corrected chi connectivity index (χ0v) is 15.1. The van der Waals surface area contributed by atoms with Crippen molar-refractivity contribution in [3.8, 4) is 0 Å². The number of aliphatic hydroxyl groups is 1. The number of unbranched alkanes of at least 4 members (excludes halogenated alkanes) is 8. The van der Waals surface area contributed by atoms with Crippen molar-refractivity contribution in [3.05, 3.63) is 0 Å². The van der Waals surface area contributed by atoms with E-state index in [2.05, 4.69) is 20.9 Å². The van der Waals surface area contributed by atoms with E-state index in [4.69, 9.17) is 0 Å². The van der Waals surface area contributed by atoms with Gasteiger partial charge in [-0.2, -0.15) is 0 Å². The minimum atomic E-state index is 0. The van der Waals surface area contributed by atoms with Crippen molar-refractivity contribution in [1.29, 1.82) is 0 Å². The smallest absolute Gasteiger partial charge is 0.180 e. The van der Waals surface area contributed by atoms with Gasteiger partial charge in [0.1, 0.15) is 0 Å². The van der Waals surface area contributed by atoms with Gasteiger partial charge >= 0.3 is 0 Å². The summed E-state index contributed by atoms with van der Waals surface area (Å²) in [5, 5.41) is 9.55. The first-order chi connectivity index (χ1) is 8.68. The zero-order chi connectivity index (χ0) is 13.7. The van der Waals surface area contributed by atoms with E-state index in [0.29, 0.717) is 6.73 Å². The Bertz CT molecular complexity index is 178. The van der Waals surface area contributed by atoms with Crippen LogP contribution < -0.4 is 17.0 Å². The summed E-state index contributed by atoms with van der Waals surface area (Å²) < 4.78 is 0.859. The first kappa shape index (κ1) is 21.7. The van der Waals surface area contributed by atoms with E-state index in [0.717, 1.165) is 17.6 Å². The lowest BCUT2D eigenvalue weighted by Gasteiger charge is -2.32. The molecule has 19 heavy (non-hydrogen) atoms. The molecule has 0 spiro atoms. The molecule has 0 aromatic rings. The number of aliphatic hydroxyl groups excluding tert-OH is 1. The Morgan fingerprint density at radius 3 is 1.47 bits per heavy atom. The Balaban J connectivity index is 0. The summed E-state index contributed by atoms with van der Waals surface area (Å²) in [5.41, 5.74) is 0. The molecule has 0 heterocycles. The summed E-state index contributed by atoms with van der Waals surface area (Å²) >= 11 is 0. The van der Waals surface area contributed by atoms with Crippen molar-refractivity contribution in [1.82, 2.24) is 0 Å². The maximum atomic E-state index is 9.55. The molecule has 1 N–H and O–H groups in total. The first-order valence-corrected chi connectivity index (χ1v) is 8.13. The molecule has 1 atom stereocenters. The molecule has 2 nitrogen and oxygen atoms in total. The van der Waals surface area contributed by atoms with E-state index in [1.165, 1.54) is 64.2 Å². The molecular formula is C16H36BrNO. The SMILES string of the molecule is CCCCCCCC[N+](C)(CO)CCCCCC.[Br-]. The van der Waals surface area contributed by atoms with Crippen LogP contribution in [0.3, 0.4) is 0 Å². The lowest BCUT2D eigenvalue weighted by molar-refractivity contribution is -0.927. The van der Waals surface area contributed by atoms with Gasteiger partial charge in [-0.15, -0.1) is 0 Å². The predicted molar refractivity (Wildman–Crippen MR) is 80.5 cm³/mol. The van der Waals surface area contributed by atoms with Crippen molar-refractivity contribution >= 4 is 0 Å². The van der Waals surface area contributed by atoms with Crippen LogP contribution in [0.2, 0.25) is 0 Å². The van der Waals surface area contributed by atoms with E-state index in [1.54, 1.807) is 0 Å². The number of nitrogens with zero attached hydrogens (tertiary/aromatic N) is 1. The molecule has 0 saturated heterocycles. The van der Waals surface area contributed by atoms with Gasteiger partial charge in [0, 0.05) is 0 Å². The quantitative estimate of drug-likeness (QED) is 0.305. The number of quaternary nitrogens is 1. The summed E-state index contributed by atoms with van der Waals surface area (Å²) in [6, 6.07) is 0. The molecule has 0 aliphatic carbocycles. The van der Waals surface area contributed by atoms with E-state index < -0.39 is 0 Å². The van der Waals surface area contributed by atoms with Crippen LogP contribution in [0.5, 0.6) is 0 Å². The second-order valence-corrected chi connectivity index (χ2v) is 6.04. The van der Waals surface area contributed by atoms with Gasteiger partial charge in [0.05, 0.1) is 20.1 Å². The number of hydrogen-bond donors (Lipinski definition) is 1. The van der Waals surface area contributed by atoms with Crippen LogP contribution in [0.1, 0.15) is 78.1 Å². The van der Waals surface area contributed by atoms with Gasteiger partial charge in [-0.25, -0.2) is 0 Å². The molecule has 0 radical (unpaired) electrons. The molecule has 0 rings (SSSR count). The average Bonchev–Trinajstić information content (AvgIpc) is 2.39. The van der Waals surface area contributed by atoms with Gasteiger partial charge in [0.15, 0.2) is 6.73 Å². The number of halogens is 1. The zero-order valence-electron chi connectivity index (χ0n) is 13.5. The fraction of sp³-hybridized carbons (Fsp3) is 1.00. The highest BCUT2D eigenvalue weighted by Gasteiger charge is 2.18. The fourth-order valence-electron chi connectivity index (χ4n) is 2.45. The average molecular weight is 338 g/mol. The van der Waals surface area contributed by atoms with Crippen LogP contribution in [0.25, 0.3) is 0 Å². The maximum Gasteiger partial charge on any atom is 0.180 e. The summed E-state index contributed by atoms with van der Waals surface area (Å²) in [7, 11) is 2.21. The summed E-state index contributed by atoms with van der Waals surface area (Å²) in [5.74, 6) is 0. The minimum Gasteiger partial charge on any atom is -1.00 e. The van der Waals surface area contributed by atoms with Crippen LogP contribution in [0.15, 0.2) is 0 Å². The van der Waals surface area contributed by atoms with Crippen molar-refractivity contribution in [2.24, 2.45) is 0 Å². The highest BCUT2D eigenvalue weighted by atomic mass is 79.9. The van der Waals surface area contributed by atoms with Crippen molar-refractivity contribution in [2.75, 3.05) is 26.9 Å². The lowest BCUT2D eigenvalue weighted by Crippen LogP contribution is -3.00. The van der Waals surface area contributed by atoms with Crippen molar-refractivity contribution < 1.29 is 26.6 Å².